The molecule has 1 aliphatic rings. The normalized spacial score (nSPS) is 18.9. The summed E-state index contributed by atoms with van der Waals surface area (Å²) in [5.41, 5.74) is 2.71. The van der Waals surface area contributed by atoms with E-state index in [1.54, 1.807) is 6.92 Å². The third kappa shape index (κ3) is 3.00. The number of amides is 1. The summed E-state index contributed by atoms with van der Waals surface area (Å²) in [6.45, 7) is 3.06. The fourth-order valence-electron chi connectivity index (χ4n) is 1.18. The van der Waals surface area contributed by atoms with Crippen LogP contribution in [0.5, 0.6) is 0 Å². The van der Waals surface area contributed by atoms with Crippen molar-refractivity contribution >= 4 is 11.7 Å². The predicted molar refractivity (Wildman–Crippen MR) is 44.2 cm³/mol. The molecule has 0 bridgehead atoms. The maximum Gasteiger partial charge on any atom is 0.234 e. The van der Waals surface area contributed by atoms with E-state index in [4.69, 9.17) is 0 Å². The number of ketones is 1. The molecular weight excluding hydrogens is 156 g/mol. The van der Waals surface area contributed by atoms with Gasteiger partial charge >= 0.3 is 0 Å². The Bertz CT molecular complexity index is 191. The van der Waals surface area contributed by atoms with Crippen molar-refractivity contribution < 1.29 is 9.59 Å². The zero-order chi connectivity index (χ0) is 8.97. The summed E-state index contributed by atoms with van der Waals surface area (Å²) in [4.78, 5) is 21.5. The first-order chi connectivity index (χ1) is 5.68. The highest BCUT2D eigenvalue weighted by Crippen LogP contribution is 2.01. The second kappa shape index (κ2) is 4.21. The molecule has 0 aromatic heterocycles. The number of carbonyl (C=O) groups is 2. The Morgan fingerprint density at radius 3 is 3.00 bits per heavy atom. The van der Waals surface area contributed by atoms with E-state index in [0.29, 0.717) is 19.4 Å². The predicted octanol–water partition coefficient (Wildman–Crippen LogP) is 0.0925. The van der Waals surface area contributed by atoms with E-state index < -0.39 is 0 Å². The minimum atomic E-state index is 0.0600. The zero-order valence-corrected chi connectivity index (χ0v) is 7.30. The fourth-order valence-corrected chi connectivity index (χ4v) is 1.18. The van der Waals surface area contributed by atoms with Crippen LogP contribution < -0.4 is 5.43 Å². The number of Topliss-reactive ketones (excluding diaryl/α,β-unsaturated/α-hetero) is 1. The van der Waals surface area contributed by atoms with E-state index in [2.05, 4.69) is 5.43 Å². The molecule has 1 saturated heterocycles. The molecule has 1 heterocycles. The summed E-state index contributed by atoms with van der Waals surface area (Å²) >= 11 is 0. The maximum atomic E-state index is 10.9. The highest BCUT2D eigenvalue weighted by Gasteiger charge is 2.14. The molecule has 68 valence electrons. The molecule has 0 aromatic carbocycles. The number of hydrazine groups is 1. The van der Waals surface area contributed by atoms with E-state index in [9.17, 15) is 9.59 Å². The largest absolute Gasteiger partial charge is 0.300 e. The molecule has 12 heavy (non-hydrogen) atoms. The molecule has 0 spiro atoms. The van der Waals surface area contributed by atoms with Crippen LogP contribution in [0.3, 0.4) is 0 Å². The van der Waals surface area contributed by atoms with Gasteiger partial charge in [-0.05, 0) is 13.3 Å². The summed E-state index contributed by atoms with van der Waals surface area (Å²) in [5.74, 6) is 0.222. The van der Waals surface area contributed by atoms with Gasteiger partial charge in [0.15, 0.2) is 0 Å². The van der Waals surface area contributed by atoms with Gasteiger partial charge in [-0.1, -0.05) is 0 Å². The lowest BCUT2D eigenvalue weighted by molar-refractivity contribution is -0.129. The topological polar surface area (TPSA) is 49.4 Å². The molecule has 0 unspecified atom stereocenters. The number of nitrogens with one attached hydrogen (secondary N) is 1. The first kappa shape index (κ1) is 9.19. The lowest BCUT2D eigenvalue weighted by atomic mass is 10.2. The molecule has 0 saturated carbocycles. The molecule has 0 atom stereocenters. The van der Waals surface area contributed by atoms with Gasteiger partial charge in [0.1, 0.15) is 5.78 Å². The summed E-state index contributed by atoms with van der Waals surface area (Å²) in [6, 6.07) is 0. The van der Waals surface area contributed by atoms with E-state index in [0.717, 1.165) is 13.0 Å². The maximum absolute atomic E-state index is 10.9. The number of rotatable bonds is 3. The van der Waals surface area contributed by atoms with Crippen LogP contribution in [0.2, 0.25) is 0 Å². The smallest absolute Gasteiger partial charge is 0.234 e. The van der Waals surface area contributed by atoms with Gasteiger partial charge in [-0.2, -0.15) is 0 Å². The van der Waals surface area contributed by atoms with Crippen molar-refractivity contribution in [1.82, 2.24) is 10.4 Å². The van der Waals surface area contributed by atoms with Crippen molar-refractivity contribution in [2.45, 2.75) is 26.2 Å². The Morgan fingerprint density at radius 1 is 1.67 bits per heavy atom. The molecule has 1 rings (SSSR count). The molecule has 0 aromatic rings. The third-order valence-corrected chi connectivity index (χ3v) is 1.85. The van der Waals surface area contributed by atoms with Gasteiger partial charge in [-0.15, -0.1) is 0 Å². The van der Waals surface area contributed by atoms with Crippen LogP contribution in [0.15, 0.2) is 0 Å². The van der Waals surface area contributed by atoms with Gasteiger partial charge in [0.25, 0.3) is 0 Å². The lowest BCUT2D eigenvalue weighted by Gasteiger charge is -2.26. The van der Waals surface area contributed by atoms with Crippen LogP contribution in [0.4, 0.5) is 0 Å². The molecule has 0 radical (unpaired) electrons. The molecule has 1 amide bonds. The SMILES string of the molecule is CC(=O)CCN1CCCC(=O)N1. The Hall–Kier alpha value is -0.900. The Balaban J connectivity index is 2.23. The zero-order valence-electron chi connectivity index (χ0n) is 7.30. The monoisotopic (exact) mass is 170 g/mol. The molecule has 4 nitrogen and oxygen atoms in total. The first-order valence-corrected chi connectivity index (χ1v) is 4.22. The molecule has 1 aliphatic heterocycles. The quantitative estimate of drug-likeness (QED) is 0.653. The van der Waals surface area contributed by atoms with Gasteiger partial charge in [-0.3, -0.25) is 15.0 Å². The summed E-state index contributed by atoms with van der Waals surface area (Å²) < 4.78 is 0. The van der Waals surface area contributed by atoms with Crippen molar-refractivity contribution in [1.29, 1.82) is 0 Å². The molecule has 4 heteroatoms. The molecule has 0 aliphatic carbocycles. The standard InChI is InChI=1S/C8H14N2O2/c1-7(11)4-6-10-5-2-3-8(12)9-10/h2-6H2,1H3,(H,9,12). The van der Waals surface area contributed by atoms with Crippen LogP contribution in [-0.4, -0.2) is 29.8 Å². The van der Waals surface area contributed by atoms with Crippen LogP contribution in [0.1, 0.15) is 26.2 Å². The first-order valence-electron chi connectivity index (χ1n) is 4.22. The minimum Gasteiger partial charge on any atom is -0.300 e. The van der Waals surface area contributed by atoms with E-state index >= 15 is 0 Å². The van der Waals surface area contributed by atoms with Crippen LogP contribution in [0, 0.1) is 0 Å². The molecule has 1 fully saturated rings. The second-order valence-corrected chi connectivity index (χ2v) is 3.08. The Kier molecular flexibility index (Phi) is 3.22. The average molecular weight is 170 g/mol. The van der Waals surface area contributed by atoms with E-state index in [1.807, 2.05) is 5.01 Å². The number of carbonyl (C=O) groups excluding carboxylic acids is 2. The number of hydrogen-bond donors (Lipinski definition) is 1. The highest BCUT2D eigenvalue weighted by molar-refractivity contribution is 5.77. The van der Waals surface area contributed by atoms with Gasteiger partial charge in [0, 0.05) is 25.9 Å². The van der Waals surface area contributed by atoms with Crippen LogP contribution in [-0.2, 0) is 9.59 Å². The van der Waals surface area contributed by atoms with Gasteiger partial charge in [0.05, 0.1) is 0 Å². The molecule has 1 N–H and O–H groups in total. The third-order valence-electron chi connectivity index (χ3n) is 1.85. The summed E-state index contributed by atoms with van der Waals surface area (Å²) in [6.07, 6.45) is 2.01. The van der Waals surface area contributed by atoms with Crippen molar-refractivity contribution in [3.63, 3.8) is 0 Å². The van der Waals surface area contributed by atoms with Crippen molar-refractivity contribution in [3.05, 3.63) is 0 Å². The second-order valence-electron chi connectivity index (χ2n) is 3.08. The lowest BCUT2D eigenvalue weighted by Crippen LogP contribution is -2.47. The number of nitrogens with zero attached hydrogens (tertiary/aromatic N) is 1. The number of hydrogen-bond acceptors (Lipinski definition) is 3. The Morgan fingerprint density at radius 2 is 2.42 bits per heavy atom. The summed E-state index contributed by atoms with van der Waals surface area (Å²) in [5, 5.41) is 1.81. The Labute approximate surface area is 71.9 Å². The minimum absolute atomic E-state index is 0.0600. The van der Waals surface area contributed by atoms with E-state index in [1.165, 1.54) is 0 Å². The van der Waals surface area contributed by atoms with E-state index in [-0.39, 0.29) is 11.7 Å². The van der Waals surface area contributed by atoms with Gasteiger partial charge < -0.3 is 0 Å². The fraction of sp³-hybridized carbons (Fsp3) is 0.750. The van der Waals surface area contributed by atoms with Crippen LogP contribution >= 0.6 is 0 Å². The summed E-state index contributed by atoms with van der Waals surface area (Å²) in [7, 11) is 0. The van der Waals surface area contributed by atoms with Crippen molar-refractivity contribution in [3.8, 4) is 0 Å². The van der Waals surface area contributed by atoms with Gasteiger partial charge in [-0.25, -0.2) is 5.01 Å². The molecular formula is C8H14N2O2. The van der Waals surface area contributed by atoms with Crippen molar-refractivity contribution in [2.24, 2.45) is 0 Å². The van der Waals surface area contributed by atoms with Gasteiger partial charge in [0.2, 0.25) is 5.91 Å². The highest BCUT2D eigenvalue weighted by atomic mass is 16.2. The van der Waals surface area contributed by atoms with Crippen LogP contribution in [0.25, 0.3) is 0 Å². The average Bonchev–Trinajstić information content (AvgIpc) is 2.01. The van der Waals surface area contributed by atoms with Crippen molar-refractivity contribution in [2.75, 3.05) is 13.1 Å².